The molecule has 1 aromatic carbocycles. The van der Waals surface area contributed by atoms with E-state index < -0.39 is 0 Å². The fraction of sp³-hybridized carbons (Fsp3) is 0.368. The molecule has 2 unspecified atom stereocenters. The lowest BCUT2D eigenvalue weighted by Gasteiger charge is -2.30. The second-order valence-electron chi connectivity index (χ2n) is 6.83. The fourth-order valence-corrected chi connectivity index (χ4v) is 4.71. The van der Waals surface area contributed by atoms with Crippen molar-refractivity contribution in [1.82, 2.24) is 20.4 Å². The second-order valence-corrected chi connectivity index (χ2v) is 8.27. The molecule has 3 aromatic rings. The summed E-state index contributed by atoms with van der Waals surface area (Å²) in [6.07, 6.45) is 0.963. The summed E-state index contributed by atoms with van der Waals surface area (Å²) in [5, 5.41) is 12.8. The summed E-state index contributed by atoms with van der Waals surface area (Å²) in [5.74, 6) is 0.428. The van der Waals surface area contributed by atoms with E-state index in [2.05, 4.69) is 22.7 Å². The van der Waals surface area contributed by atoms with Crippen LogP contribution in [0.3, 0.4) is 0 Å². The molecule has 136 valence electrons. The predicted octanol–water partition coefficient (Wildman–Crippen LogP) is 3.78. The lowest BCUT2D eigenvalue weighted by atomic mass is 9.95. The molecule has 1 aliphatic heterocycles. The molecule has 1 fully saturated rings. The van der Waals surface area contributed by atoms with E-state index in [4.69, 9.17) is 11.6 Å². The van der Waals surface area contributed by atoms with Gasteiger partial charge in [0.25, 0.3) is 5.91 Å². The lowest BCUT2D eigenvalue weighted by molar-refractivity contribution is 0.0918. The van der Waals surface area contributed by atoms with Crippen LogP contribution in [-0.2, 0) is 0 Å². The number of fused-ring (bicyclic) bond motifs is 1. The number of carbonyl (C=O) groups is 1. The molecule has 1 saturated heterocycles. The minimum absolute atomic E-state index is 0.00458. The van der Waals surface area contributed by atoms with Gasteiger partial charge in [-0.1, -0.05) is 30.7 Å². The maximum Gasteiger partial charge on any atom is 0.261 e. The molecule has 3 heterocycles. The number of benzene rings is 1. The number of hydrogen-bond acceptors (Lipinski definition) is 4. The Morgan fingerprint density at radius 3 is 3.00 bits per heavy atom. The maximum absolute atomic E-state index is 12.8. The van der Waals surface area contributed by atoms with E-state index >= 15 is 0 Å². The van der Waals surface area contributed by atoms with E-state index in [-0.39, 0.29) is 11.9 Å². The van der Waals surface area contributed by atoms with Crippen LogP contribution in [-0.4, -0.2) is 34.8 Å². The summed E-state index contributed by atoms with van der Waals surface area (Å²) < 4.78 is 1.83. The first-order chi connectivity index (χ1) is 12.5. The Morgan fingerprint density at radius 2 is 2.23 bits per heavy atom. The monoisotopic (exact) mass is 388 g/mol. The van der Waals surface area contributed by atoms with E-state index in [1.807, 2.05) is 41.9 Å². The van der Waals surface area contributed by atoms with Gasteiger partial charge in [-0.05, 0) is 50.6 Å². The van der Waals surface area contributed by atoms with Gasteiger partial charge in [0.05, 0.1) is 21.3 Å². The van der Waals surface area contributed by atoms with Crippen LogP contribution < -0.4 is 10.6 Å². The normalized spacial score (nSPS) is 20.4. The average Bonchev–Trinajstić information content (AvgIpc) is 3.19. The van der Waals surface area contributed by atoms with E-state index in [0.717, 1.165) is 41.1 Å². The molecular formula is C19H21ClN4OS. The van der Waals surface area contributed by atoms with Crippen molar-refractivity contribution in [3.05, 3.63) is 45.9 Å². The number of thiophene rings is 1. The number of nitrogens with zero attached hydrogens (tertiary/aromatic N) is 2. The zero-order valence-electron chi connectivity index (χ0n) is 14.8. The highest BCUT2D eigenvalue weighted by Gasteiger charge is 2.25. The first-order valence-corrected chi connectivity index (χ1v) is 9.99. The number of hydrogen-bond donors (Lipinski definition) is 2. The number of piperidine rings is 1. The van der Waals surface area contributed by atoms with Crippen molar-refractivity contribution in [3.63, 3.8) is 0 Å². The van der Waals surface area contributed by atoms with E-state index in [0.29, 0.717) is 15.8 Å². The largest absolute Gasteiger partial charge is 0.348 e. The Morgan fingerprint density at radius 1 is 1.42 bits per heavy atom. The third kappa shape index (κ3) is 3.13. The van der Waals surface area contributed by atoms with Gasteiger partial charge >= 0.3 is 0 Å². The first-order valence-electron chi connectivity index (χ1n) is 8.80. The molecule has 4 rings (SSSR count). The number of rotatable bonds is 3. The van der Waals surface area contributed by atoms with Crippen molar-refractivity contribution >= 4 is 39.1 Å². The van der Waals surface area contributed by atoms with Crippen molar-refractivity contribution in [2.24, 2.45) is 5.92 Å². The van der Waals surface area contributed by atoms with Crippen molar-refractivity contribution < 1.29 is 4.79 Å². The van der Waals surface area contributed by atoms with Crippen LogP contribution in [0.15, 0.2) is 30.3 Å². The van der Waals surface area contributed by atoms with Gasteiger partial charge in [-0.25, -0.2) is 4.68 Å². The van der Waals surface area contributed by atoms with Crippen molar-refractivity contribution in [3.8, 4) is 5.69 Å². The number of nitrogens with one attached hydrogen (secondary N) is 2. The van der Waals surface area contributed by atoms with Gasteiger partial charge in [0.15, 0.2) is 0 Å². The number of para-hydroxylation sites is 1. The van der Waals surface area contributed by atoms with E-state index in [1.54, 1.807) is 0 Å². The van der Waals surface area contributed by atoms with Gasteiger partial charge < -0.3 is 10.6 Å². The molecule has 26 heavy (non-hydrogen) atoms. The summed E-state index contributed by atoms with van der Waals surface area (Å²) >= 11 is 7.80. The molecule has 7 heteroatoms. The molecule has 0 aliphatic carbocycles. The molecule has 0 spiro atoms. The molecule has 2 N–H and O–H groups in total. The minimum Gasteiger partial charge on any atom is -0.348 e. The lowest BCUT2D eigenvalue weighted by Crippen LogP contribution is -2.48. The van der Waals surface area contributed by atoms with Crippen molar-refractivity contribution in [2.45, 2.75) is 26.3 Å². The molecule has 0 bridgehead atoms. The highest BCUT2D eigenvalue weighted by Crippen LogP contribution is 2.32. The second kappa shape index (κ2) is 7.02. The number of aromatic nitrogens is 2. The van der Waals surface area contributed by atoms with Crippen LogP contribution in [0, 0.1) is 12.8 Å². The number of carbonyl (C=O) groups excluding carboxylic acids is 1. The van der Waals surface area contributed by atoms with Gasteiger partial charge in [0.1, 0.15) is 4.83 Å². The standard InChI is InChI=1S/C19H21ClN4OS/c1-11-10-21-8-7-15(11)22-18(25)17-9-13-12(2)23-24(19(13)26-17)16-6-4-3-5-14(16)20/h3-6,9,11,15,21H,7-8,10H2,1-2H3,(H,22,25). The van der Waals surface area contributed by atoms with Crippen LogP contribution in [0.4, 0.5) is 0 Å². The summed E-state index contributed by atoms with van der Waals surface area (Å²) in [4.78, 5) is 14.4. The number of amides is 1. The molecule has 0 radical (unpaired) electrons. The smallest absolute Gasteiger partial charge is 0.261 e. The summed E-state index contributed by atoms with van der Waals surface area (Å²) in [6, 6.07) is 9.77. The summed E-state index contributed by atoms with van der Waals surface area (Å²) in [6.45, 7) is 6.01. The Hall–Kier alpha value is -1.89. The Labute approximate surface area is 161 Å². The molecule has 1 amide bonds. The number of halogens is 1. The molecule has 5 nitrogen and oxygen atoms in total. The Kier molecular flexibility index (Phi) is 4.73. The summed E-state index contributed by atoms with van der Waals surface area (Å²) in [7, 11) is 0. The van der Waals surface area contributed by atoms with Crippen LogP contribution in [0.1, 0.15) is 28.7 Å². The van der Waals surface area contributed by atoms with Gasteiger partial charge in [0.2, 0.25) is 0 Å². The van der Waals surface area contributed by atoms with E-state index in [1.165, 1.54) is 11.3 Å². The predicted molar refractivity (Wildman–Crippen MR) is 107 cm³/mol. The van der Waals surface area contributed by atoms with Crippen molar-refractivity contribution in [1.29, 1.82) is 0 Å². The van der Waals surface area contributed by atoms with Crippen LogP contribution in [0.25, 0.3) is 15.9 Å². The van der Waals surface area contributed by atoms with Crippen LogP contribution in [0.5, 0.6) is 0 Å². The van der Waals surface area contributed by atoms with Gasteiger partial charge in [-0.3, -0.25) is 4.79 Å². The quantitative estimate of drug-likeness (QED) is 0.717. The third-order valence-corrected chi connectivity index (χ3v) is 6.38. The fourth-order valence-electron chi connectivity index (χ4n) is 3.41. The maximum atomic E-state index is 12.8. The molecule has 2 aromatic heterocycles. The number of aryl methyl sites for hydroxylation is 1. The highest BCUT2D eigenvalue weighted by molar-refractivity contribution is 7.20. The van der Waals surface area contributed by atoms with E-state index in [9.17, 15) is 4.79 Å². The third-order valence-electron chi connectivity index (χ3n) is 4.95. The highest BCUT2D eigenvalue weighted by atomic mass is 35.5. The minimum atomic E-state index is -0.00458. The molecule has 1 aliphatic rings. The van der Waals surface area contributed by atoms with Crippen LogP contribution >= 0.6 is 22.9 Å². The average molecular weight is 389 g/mol. The molecule has 2 atom stereocenters. The summed E-state index contributed by atoms with van der Waals surface area (Å²) in [5.41, 5.74) is 1.72. The van der Waals surface area contributed by atoms with Gasteiger partial charge in [0, 0.05) is 11.4 Å². The van der Waals surface area contributed by atoms with Gasteiger partial charge in [-0.15, -0.1) is 11.3 Å². The first kappa shape index (κ1) is 17.5. The molecular weight excluding hydrogens is 368 g/mol. The zero-order chi connectivity index (χ0) is 18.3. The van der Waals surface area contributed by atoms with Crippen molar-refractivity contribution in [2.75, 3.05) is 13.1 Å². The zero-order valence-corrected chi connectivity index (χ0v) is 16.3. The van der Waals surface area contributed by atoms with Crippen LogP contribution in [0.2, 0.25) is 5.02 Å². The molecule has 0 saturated carbocycles. The van der Waals surface area contributed by atoms with Gasteiger partial charge in [-0.2, -0.15) is 5.10 Å². The SMILES string of the molecule is Cc1nn(-c2ccccc2Cl)c2sc(C(=O)NC3CCNCC3C)cc12. The Balaban J connectivity index is 1.67. The topological polar surface area (TPSA) is 59.0 Å². The Bertz CT molecular complexity index is 964.